The van der Waals surface area contributed by atoms with Crippen molar-refractivity contribution >= 4 is 11.7 Å². The summed E-state index contributed by atoms with van der Waals surface area (Å²) < 4.78 is 10.1. The largest absolute Gasteiger partial charge is 0.497 e. The van der Waals surface area contributed by atoms with E-state index in [1.54, 1.807) is 7.11 Å². The highest BCUT2D eigenvalue weighted by Crippen LogP contribution is 2.21. The van der Waals surface area contributed by atoms with Crippen LogP contribution in [-0.4, -0.2) is 45.9 Å². The smallest absolute Gasteiger partial charge is 0.325 e. The molecule has 5 heteroatoms. The Hall–Kier alpha value is -1.75. The molecule has 0 aliphatic rings. The van der Waals surface area contributed by atoms with Gasteiger partial charge in [0.05, 0.1) is 14.2 Å². The van der Waals surface area contributed by atoms with Gasteiger partial charge in [0, 0.05) is 25.3 Å². The van der Waals surface area contributed by atoms with E-state index in [4.69, 9.17) is 9.47 Å². The third-order valence-electron chi connectivity index (χ3n) is 3.64. The van der Waals surface area contributed by atoms with Crippen molar-refractivity contribution in [2.75, 3.05) is 39.3 Å². The molecule has 0 amide bonds. The maximum absolute atomic E-state index is 11.9. The van der Waals surface area contributed by atoms with Crippen LogP contribution >= 0.6 is 0 Å². The van der Waals surface area contributed by atoms with Crippen molar-refractivity contribution in [2.45, 2.75) is 25.8 Å². The number of anilines is 1. The number of carbonyl (C=O) groups is 1. The third-order valence-corrected chi connectivity index (χ3v) is 3.64. The highest BCUT2D eigenvalue weighted by atomic mass is 16.5. The Labute approximate surface area is 127 Å². The van der Waals surface area contributed by atoms with Gasteiger partial charge in [-0.2, -0.15) is 0 Å². The van der Waals surface area contributed by atoms with Crippen LogP contribution in [-0.2, 0) is 9.53 Å². The molecular formula is C16H26N2O3. The van der Waals surface area contributed by atoms with Crippen LogP contribution in [0.5, 0.6) is 5.75 Å². The van der Waals surface area contributed by atoms with Crippen LogP contribution in [0.15, 0.2) is 24.3 Å². The van der Waals surface area contributed by atoms with Gasteiger partial charge in [-0.25, -0.2) is 0 Å². The molecule has 0 aromatic heterocycles. The van der Waals surface area contributed by atoms with Crippen molar-refractivity contribution in [1.29, 1.82) is 0 Å². The number of carbonyl (C=O) groups excluding carboxylic acids is 1. The molecule has 0 fully saturated rings. The zero-order chi connectivity index (χ0) is 15.9. The molecule has 1 atom stereocenters. The first-order valence-corrected chi connectivity index (χ1v) is 7.15. The number of benzene rings is 1. The fraction of sp³-hybridized carbons (Fsp3) is 0.562. The third kappa shape index (κ3) is 4.63. The molecule has 0 aliphatic heterocycles. The van der Waals surface area contributed by atoms with Crippen LogP contribution in [0.3, 0.4) is 0 Å². The summed E-state index contributed by atoms with van der Waals surface area (Å²) in [6.45, 7) is 5.30. The van der Waals surface area contributed by atoms with E-state index >= 15 is 0 Å². The van der Waals surface area contributed by atoms with Gasteiger partial charge in [0.15, 0.2) is 0 Å². The number of methoxy groups -OCH3 is 2. The Morgan fingerprint density at radius 1 is 1.38 bits per heavy atom. The van der Waals surface area contributed by atoms with Gasteiger partial charge in [-0.05, 0) is 32.0 Å². The van der Waals surface area contributed by atoms with Crippen LogP contribution in [0.25, 0.3) is 0 Å². The van der Waals surface area contributed by atoms with Crippen LogP contribution in [0, 0.1) is 0 Å². The summed E-state index contributed by atoms with van der Waals surface area (Å²) in [5, 5.41) is 3.21. The lowest BCUT2D eigenvalue weighted by atomic mass is 9.97. The van der Waals surface area contributed by atoms with Gasteiger partial charge in [-0.1, -0.05) is 13.0 Å². The van der Waals surface area contributed by atoms with E-state index in [1.807, 2.05) is 45.2 Å². The molecule has 0 spiro atoms. The molecule has 0 saturated carbocycles. The first-order chi connectivity index (χ1) is 9.96. The van der Waals surface area contributed by atoms with E-state index in [9.17, 15) is 4.79 Å². The van der Waals surface area contributed by atoms with E-state index < -0.39 is 5.54 Å². The average Bonchev–Trinajstić information content (AvgIpc) is 2.52. The Morgan fingerprint density at radius 2 is 2.10 bits per heavy atom. The number of hydrogen-bond acceptors (Lipinski definition) is 5. The van der Waals surface area contributed by atoms with Crippen LogP contribution < -0.4 is 15.0 Å². The molecule has 0 radical (unpaired) electrons. The fourth-order valence-electron chi connectivity index (χ4n) is 2.25. The van der Waals surface area contributed by atoms with Crippen molar-refractivity contribution in [2.24, 2.45) is 0 Å². The predicted molar refractivity (Wildman–Crippen MR) is 85.0 cm³/mol. The predicted octanol–water partition coefficient (Wildman–Crippen LogP) is 2.06. The average molecular weight is 294 g/mol. The molecule has 1 N–H and O–H groups in total. The first-order valence-electron chi connectivity index (χ1n) is 7.15. The molecule has 0 saturated heterocycles. The lowest BCUT2D eigenvalue weighted by molar-refractivity contribution is -0.148. The molecule has 1 aromatic carbocycles. The molecule has 0 heterocycles. The summed E-state index contributed by atoms with van der Waals surface area (Å²) in [6, 6.07) is 7.86. The van der Waals surface area contributed by atoms with E-state index in [0.29, 0.717) is 13.0 Å². The summed E-state index contributed by atoms with van der Waals surface area (Å²) in [7, 11) is 5.07. The van der Waals surface area contributed by atoms with Crippen LogP contribution in [0.1, 0.15) is 20.3 Å². The Bertz CT molecular complexity index is 465. The van der Waals surface area contributed by atoms with Crippen LogP contribution in [0.4, 0.5) is 5.69 Å². The van der Waals surface area contributed by atoms with E-state index in [1.165, 1.54) is 7.11 Å². The minimum absolute atomic E-state index is 0.233. The van der Waals surface area contributed by atoms with E-state index in [0.717, 1.165) is 18.0 Å². The van der Waals surface area contributed by atoms with Crippen LogP contribution in [0.2, 0.25) is 0 Å². The molecule has 5 nitrogen and oxygen atoms in total. The Morgan fingerprint density at radius 3 is 2.67 bits per heavy atom. The topological polar surface area (TPSA) is 50.8 Å². The van der Waals surface area contributed by atoms with Crippen molar-refractivity contribution in [3.63, 3.8) is 0 Å². The van der Waals surface area contributed by atoms with Crippen molar-refractivity contribution < 1.29 is 14.3 Å². The number of nitrogens with zero attached hydrogens (tertiary/aromatic N) is 1. The van der Waals surface area contributed by atoms with Gasteiger partial charge in [0.2, 0.25) is 0 Å². The lowest BCUT2D eigenvalue weighted by Gasteiger charge is -2.30. The van der Waals surface area contributed by atoms with Crippen molar-refractivity contribution in [3.05, 3.63) is 24.3 Å². The molecule has 1 unspecified atom stereocenters. The number of likely N-dealkylation sites (N-methyl/N-ethyl adjacent to an activating group) is 1. The summed E-state index contributed by atoms with van der Waals surface area (Å²) >= 11 is 0. The second-order valence-corrected chi connectivity index (χ2v) is 5.23. The molecule has 118 valence electrons. The molecule has 1 aromatic rings. The molecule has 0 aliphatic carbocycles. The number of rotatable bonds is 8. The van der Waals surface area contributed by atoms with Gasteiger partial charge in [-0.15, -0.1) is 0 Å². The quantitative estimate of drug-likeness (QED) is 0.744. The van der Waals surface area contributed by atoms with Gasteiger partial charge in [0.1, 0.15) is 11.3 Å². The normalized spacial score (nSPS) is 13.4. The number of ether oxygens (including phenoxy) is 2. The SMILES string of the molecule is CCNC(C)(CCN(C)c1cccc(OC)c1)C(=O)OC. The van der Waals surface area contributed by atoms with Gasteiger partial charge in [-0.3, -0.25) is 4.79 Å². The fourth-order valence-corrected chi connectivity index (χ4v) is 2.25. The lowest BCUT2D eigenvalue weighted by Crippen LogP contribution is -2.51. The zero-order valence-corrected chi connectivity index (χ0v) is 13.6. The minimum atomic E-state index is -0.670. The first kappa shape index (κ1) is 17.3. The number of esters is 1. The monoisotopic (exact) mass is 294 g/mol. The van der Waals surface area contributed by atoms with Gasteiger partial charge in [0.25, 0.3) is 0 Å². The maximum Gasteiger partial charge on any atom is 0.325 e. The standard InChI is InChI=1S/C16H26N2O3/c1-6-17-16(2,15(19)21-5)10-11-18(3)13-8-7-9-14(12-13)20-4/h7-9,12,17H,6,10-11H2,1-5H3. The second kappa shape index (κ2) is 7.88. The van der Waals surface area contributed by atoms with Crippen molar-refractivity contribution in [3.8, 4) is 5.75 Å². The maximum atomic E-state index is 11.9. The Balaban J connectivity index is 2.72. The number of hydrogen-bond donors (Lipinski definition) is 1. The molecule has 0 bridgehead atoms. The van der Waals surface area contributed by atoms with Gasteiger partial charge >= 0.3 is 5.97 Å². The number of nitrogens with one attached hydrogen (secondary N) is 1. The highest BCUT2D eigenvalue weighted by molar-refractivity contribution is 5.80. The van der Waals surface area contributed by atoms with E-state index in [-0.39, 0.29) is 5.97 Å². The van der Waals surface area contributed by atoms with Crippen molar-refractivity contribution in [1.82, 2.24) is 5.32 Å². The molecule has 21 heavy (non-hydrogen) atoms. The summed E-state index contributed by atoms with van der Waals surface area (Å²) in [6.07, 6.45) is 0.654. The van der Waals surface area contributed by atoms with Gasteiger partial charge < -0.3 is 19.7 Å². The van der Waals surface area contributed by atoms with E-state index in [2.05, 4.69) is 10.2 Å². The zero-order valence-electron chi connectivity index (χ0n) is 13.6. The summed E-state index contributed by atoms with van der Waals surface area (Å²) in [4.78, 5) is 14.0. The molecule has 1 rings (SSSR count). The second-order valence-electron chi connectivity index (χ2n) is 5.23. The minimum Gasteiger partial charge on any atom is -0.497 e. The summed E-state index contributed by atoms with van der Waals surface area (Å²) in [5.74, 6) is 0.588. The highest BCUT2D eigenvalue weighted by Gasteiger charge is 2.33. The summed E-state index contributed by atoms with van der Waals surface area (Å²) in [5.41, 5.74) is 0.384. The Kier molecular flexibility index (Phi) is 6.49. The molecular weight excluding hydrogens is 268 g/mol.